The third-order valence-corrected chi connectivity index (χ3v) is 4.69. The van der Waals surface area contributed by atoms with E-state index in [1.54, 1.807) is 10.8 Å². The van der Waals surface area contributed by atoms with Gasteiger partial charge in [-0.3, -0.25) is 4.79 Å². The van der Waals surface area contributed by atoms with Crippen molar-refractivity contribution in [1.82, 2.24) is 24.7 Å². The summed E-state index contributed by atoms with van der Waals surface area (Å²) in [4.78, 5) is 16.7. The lowest BCUT2D eigenvalue weighted by Gasteiger charge is -2.35. The molecule has 1 amide bonds. The normalized spacial score (nSPS) is 14.6. The molecule has 0 aliphatic carbocycles. The van der Waals surface area contributed by atoms with Crippen LogP contribution in [0.15, 0.2) is 42.7 Å². The van der Waals surface area contributed by atoms with Gasteiger partial charge < -0.3 is 14.5 Å². The lowest BCUT2D eigenvalue weighted by atomic mass is 10.1. The first-order valence-corrected chi connectivity index (χ1v) is 9.14. The van der Waals surface area contributed by atoms with Crippen LogP contribution in [0.4, 0.5) is 5.82 Å². The zero-order valence-electron chi connectivity index (χ0n) is 15.3. The van der Waals surface area contributed by atoms with E-state index in [4.69, 9.17) is 4.74 Å². The van der Waals surface area contributed by atoms with Gasteiger partial charge in [0.05, 0.1) is 13.0 Å². The number of rotatable bonds is 5. The number of carbonyl (C=O) groups excluding carboxylic acids is 1. The second-order valence-corrected chi connectivity index (χ2v) is 6.45. The number of nitrogens with zero attached hydrogens (tertiary/aromatic N) is 6. The molecular formula is C19H22N6O2. The van der Waals surface area contributed by atoms with Gasteiger partial charge in [0.1, 0.15) is 17.9 Å². The van der Waals surface area contributed by atoms with Crippen LogP contribution in [0.2, 0.25) is 0 Å². The van der Waals surface area contributed by atoms with Gasteiger partial charge in [-0.05, 0) is 36.8 Å². The van der Waals surface area contributed by atoms with Crippen molar-refractivity contribution in [3.63, 3.8) is 0 Å². The Hall–Kier alpha value is -3.16. The molecule has 0 unspecified atom stereocenters. The fourth-order valence-electron chi connectivity index (χ4n) is 3.23. The summed E-state index contributed by atoms with van der Waals surface area (Å²) in [5, 5.41) is 12.3. The summed E-state index contributed by atoms with van der Waals surface area (Å²) in [6, 6.07) is 11.6. The first-order valence-electron chi connectivity index (χ1n) is 9.14. The summed E-state index contributed by atoms with van der Waals surface area (Å²) in [6.45, 7) is 5.50. The minimum atomic E-state index is 0.154. The van der Waals surface area contributed by atoms with Crippen LogP contribution in [0.1, 0.15) is 12.5 Å². The summed E-state index contributed by atoms with van der Waals surface area (Å²) >= 11 is 0. The van der Waals surface area contributed by atoms with Crippen LogP contribution < -0.4 is 9.64 Å². The van der Waals surface area contributed by atoms with Crippen molar-refractivity contribution in [2.45, 2.75) is 13.3 Å². The summed E-state index contributed by atoms with van der Waals surface area (Å²) in [5.41, 5.74) is 1.73. The van der Waals surface area contributed by atoms with Crippen LogP contribution in [0.25, 0.3) is 5.65 Å². The molecular weight excluding hydrogens is 344 g/mol. The first kappa shape index (κ1) is 17.3. The van der Waals surface area contributed by atoms with Crippen molar-refractivity contribution in [3.8, 4) is 5.75 Å². The number of hydrogen-bond donors (Lipinski definition) is 0. The minimum absolute atomic E-state index is 0.154. The Morgan fingerprint density at radius 2 is 1.85 bits per heavy atom. The standard InChI is InChI=1S/C19H22N6O2/c1-2-27-16-5-3-15(4-6-16)13-19(26)24-11-9-23(10-12-24)18-8-7-17-21-20-14-25(17)22-18/h3-8,14H,2,9-13H2,1H3. The van der Waals surface area contributed by atoms with E-state index in [9.17, 15) is 4.79 Å². The van der Waals surface area contributed by atoms with E-state index < -0.39 is 0 Å². The number of hydrogen-bond acceptors (Lipinski definition) is 6. The molecule has 0 spiro atoms. The SMILES string of the molecule is CCOc1ccc(CC(=O)N2CCN(c3ccc4nncn4n3)CC2)cc1. The van der Waals surface area contributed by atoms with Crippen LogP contribution in [-0.2, 0) is 11.2 Å². The van der Waals surface area contributed by atoms with E-state index in [1.807, 2.05) is 48.2 Å². The molecule has 1 fully saturated rings. The second-order valence-electron chi connectivity index (χ2n) is 6.45. The minimum Gasteiger partial charge on any atom is -0.494 e. The number of carbonyl (C=O) groups is 1. The highest BCUT2D eigenvalue weighted by molar-refractivity contribution is 5.79. The van der Waals surface area contributed by atoms with Crippen molar-refractivity contribution in [3.05, 3.63) is 48.3 Å². The van der Waals surface area contributed by atoms with Gasteiger partial charge in [0.15, 0.2) is 5.65 Å². The molecule has 8 heteroatoms. The number of amides is 1. The van der Waals surface area contributed by atoms with Gasteiger partial charge in [-0.25, -0.2) is 0 Å². The molecule has 3 heterocycles. The van der Waals surface area contributed by atoms with Crippen LogP contribution in [-0.4, -0.2) is 63.4 Å². The maximum absolute atomic E-state index is 12.6. The fourth-order valence-corrected chi connectivity index (χ4v) is 3.23. The molecule has 2 aromatic heterocycles. The smallest absolute Gasteiger partial charge is 0.227 e. The highest BCUT2D eigenvalue weighted by Gasteiger charge is 2.22. The third-order valence-electron chi connectivity index (χ3n) is 4.69. The van der Waals surface area contributed by atoms with Crippen molar-refractivity contribution in [2.75, 3.05) is 37.7 Å². The van der Waals surface area contributed by atoms with Crippen LogP contribution in [0.5, 0.6) is 5.75 Å². The van der Waals surface area contributed by atoms with E-state index in [0.717, 1.165) is 35.9 Å². The maximum Gasteiger partial charge on any atom is 0.227 e. The van der Waals surface area contributed by atoms with E-state index in [1.165, 1.54) is 0 Å². The van der Waals surface area contributed by atoms with Crippen molar-refractivity contribution < 1.29 is 9.53 Å². The lowest BCUT2D eigenvalue weighted by molar-refractivity contribution is -0.130. The third kappa shape index (κ3) is 3.84. The van der Waals surface area contributed by atoms with Gasteiger partial charge >= 0.3 is 0 Å². The maximum atomic E-state index is 12.6. The van der Waals surface area contributed by atoms with Crippen LogP contribution in [0, 0.1) is 0 Å². The van der Waals surface area contributed by atoms with E-state index >= 15 is 0 Å². The predicted molar refractivity (Wildman–Crippen MR) is 101 cm³/mol. The van der Waals surface area contributed by atoms with Crippen molar-refractivity contribution >= 4 is 17.4 Å². The number of anilines is 1. The van der Waals surface area contributed by atoms with Crippen LogP contribution >= 0.6 is 0 Å². The highest BCUT2D eigenvalue weighted by atomic mass is 16.5. The number of benzene rings is 1. The van der Waals surface area contributed by atoms with Gasteiger partial charge in [0, 0.05) is 26.2 Å². The number of fused-ring (bicyclic) bond motifs is 1. The van der Waals surface area contributed by atoms with Crippen LogP contribution in [0.3, 0.4) is 0 Å². The average Bonchev–Trinajstić information content (AvgIpc) is 3.17. The Balaban J connectivity index is 1.33. The quantitative estimate of drug-likeness (QED) is 0.680. The molecule has 0 atom stereocenters. The first-order chi connectivity index (χ1) is 13.2. The number of ether oxygens (including phenoxy) is 1. The zero-order chi connectivity index (χ0) is 18.6. The largest absolute Gasteiger partial charge is 0.494 e. The average molecular weight is 366 g/mol. The molecule has 140 valence electrons. The molecule has 1 aliphatic heterocycles. The molecule has 1 aliphatic rings. The summed E-state index contributed by atoms with van der Waals surface area (Å²) in [7, 11) is 0. The van der Waals surface area contributed by atoms with Gasteiger partial charge in [-0.1, -0.05) is 12.1 Å². The second kappa shape index (κ2) is 7.61. The molecule has 8 nitrogen and oxygen atoms in total. The monoisotopic (exact) mass is 366 g/mol. The summed E-state index contributed by atoms with van der Waals surface area (Å²) in [5.74, 6) is 1.86. The van der Waals surface area contributed by atoms with Gasteiger partial charge in [0.2, 0.25) is 5.91 Å². The fraction of sp³-hybridized carbons (Fsp3) is 0.368. The predicted octanol–water partition coefficient (Wildman–Crippen LogP) is 1.41. The summed E-state index contributed by atoms with van der Waals surface area (Å²) in [6.07, 6.45) is 2.01. The molecule has 0 saturated carbocycles. The number of aromatic nitrogens is 4. The lowest BCUT2D eigenvalue weighted by Crippen LogP contribution is -2.49. The molecule has 0 bridgehead atoms. The molecule has 3 aromatic rings. The molecule has 27 heavy (non-hydrogen) atoms. The van der Waals surface area contributed by atoms with Gasteiger partial charge in [-0.2, -0.15) is 4.52 Å². The molecule has 1 aromatic carbocycles. The Labute approximate surface area is 157 Å². The zero-order valence-corrected chi connectivity index (χ0v) is 15.3. The Morgan fingerprint density at radius 1 is 1.07 bits per heavy atom. The molecule has 0 radical (unpaired) electrons. The van der Waals surface area contributed by atoms with Gasteiger partial charge in [0.25, 0.3) is 0 Å². The highest BCUT2D eigenvalue weighted by Crippen LogP contribution is 2.16. The van der Waals surface area contributed by atoms with E-state index in [0.29, 0.717) is 26.1 Å². The van der Waals surface area contributed by atoms with Crippen molar-refractivity contribution in [2.24, 2.45) is 0 Å². The Kier molecular flexibility index (Phi) is 4.86. The summed E-state index contributed by atoms with van der Waals surface area (Å²) < 4.78 is 7.11. The number of piperazine rings is 1. The molecule has 4 rings (SSSR count). The Morgan fingerprint density at radius 3 is 2.59 bits per heavy atom. The van der Waals surface area contributed by atoms with Gasteiger partial charge in [-0.15, -0.1) is 15.3 Å². The van der Waals surface area contributed by atoms with Crippen molar-refractivity contribution in [1.29, 1.82) is 0 Å². The molecule has 0 N–H and O–H groups in total. The molecule has 1 saturated heterocycles. The Bertz CT molecular complexity index is 915. The topological polar surface area (TPSA) is 75.9 Å². The van der Waals surface area contributed by atoms with E-state index in [2.05, 4.69) is 20.2 Å². The van der Waals surface area contributed by atoms with E-state index in [-0.39, 0.29) is 5.91 Å².